The van der Waals surface area contributed by atoms with Crippen molar-refractivity contribution in [1.29, 1.82) is 0 Å². The summed E-state index contributed by atoms with van der Waals surface area (Å²) in [5, 5.41) is 0. The summed E-state index contributed by atoms with van der Waals surface area (Å²) in [6.07, 6.45) is 9.01. The number of hydrogen-bond acceptors (Lipinski definition) is 1. The average molecular weight is 244 g/mol. The van der Waals surface area contributed by atoms with Crippen LogP contribution < -0.4 is 0 Å². The van der Waals surface area contributed by atoms with Gasteiger partial charge < -0.3 is 0 Å². The van der Waals surface area contributed by atoms with Crippen LogP contribution in [-0.2, 0) is 5.75 Å². The summed E-state index contributed by atoms with van der Waals surface area (Å²) in [7, 11) is 0. The van der Waals surface area contributed by atoms with Crippen LogP contribution >= 0.6 is 11.6 Å². The quantitative estimate of drug-likeness (QED) is 0.673. The third-order valence-corrected chi connectivity index (χ3v) is 6.17. The Kier molecular flexibility index (Phi) is 3.80. The molecule has 3 rings (SSSR count). The molecule has 90 valence electrons. The molecular formula is C15H21BS. The number of rotatable bonds is 3. The topological polar surface area (TPSA) is 0 Å². The maximum atomic E-state index is 2.27. The standard InChI is InChI=1S/C15H21BS/c1-2-6-13(7-3-1)12-17-16-14-8-4-9-15(16)11-5-10-14/h1-3,6-7,14-15H,4-5,8-12H2. The van der Waals surface area contributed by atoms with Crippen LogP contribution in [-0.4, -0.2) is 5.99 Å². The molecule has 0 unspecified atom stereocenters. The zero-order valence-corrected chi connectivity index (χ0v) is 11.3. The molecule has 0 aromatic heterocycles. The lowest BCUT2D eigenvalue weighted by Gasteiger charge is -2.39. The molecule has 1 aromatic rings. The Hall–Kier alpha value is -0.365. The van der Waals surface area contributed by atoms with E-state index < -0.39 is 0 Å². The third-order valence-electron chi connectivity index (χ3n) is 4.51. The smallest absolute Gasteiger partial charge is 0.205 e. The van der Waals surface area contributed by atoms with Crippen molar-refractivity contribution in [3.63, 3.8) is 0 Å². The number of benzene rings is 1. The van der Waals surface area contributed by atoms with Crippen LogP contribution in [0.4, 0.5) is 0 Å². The summed E-state index contributed by atoms with van der Waals surface area (Å²) in [5.74, 6) is 4.27. The number of fused-ring (bicyclic) bond motifs is 2. The van der Waals surface area contributed by atoms with E-state index in [0.29, 0.717) is 0 Å². The minimum atomic E-state index is 0.970. The van der Waals surface area contributed by atoms with E-state index in [1.54, 1.807) is 0 Å². The second-order valence-corrected chi connectivity index (χ2v) is 6.81. The zero-order valence-electron chi connectivity index (χ0n) is 10.5. The normalized spacial score (nSPS) is 28.1. The second-order valence-electron chi connectivity index (χ2n) is 5.64. The molecule has 0 aliphatic carbocycles. The first kappa shape index (κ1) is 11.7. The minimum absolute atomic E-state index is 0.970. The van der Waals surface area contributed by atoms with Crippen molar-refractivity contribution in [2.75, 3.05) is 0 Å². The van der Waals surface area contributed by atoms with Crippen molar-refractivity contribution in [2.45, 2.75) is 55.9 Å². The van der Waals surface area contributed by atoms with Crippen LogP contribution in [0.5, 0.6) is 0 Å². The molecule has 0 nitrogen and oxygen atoms in total. The van der Waals surface area contributed by atoms with Gasteiger partial charge in [-0.2, -0.15) is 0 Å². The molecule has 0 saturated carbocycles. The SMILES string of the molecule is c1ccc(CSB2C3CCCC2CCC3)cc1. The van der Waals surface area contributed by atoms with Crippen molar-refractivity contribution in [3.8, 4) is 0 Å². The largest absolute Gasteiger partial charge is 0.216 e. The van der Waals surface area contributed by atoms with Crippen LogP contribution in [0.15, 0.2) is 30.3 Å². The Morgan fingerprint density at radius 3 is 2.12 bits per heavy atom. The third kappa shape index (κ3) is 2.73. The van der Waals surface area contributed by atoms with Gasteiger partial charge in [0.25, 0.3) is 0 Å². The van der Waals surface area contributed by atoms with Crippen molar-refractivity contribution in [3.05, 3.63) is 35.9 Å². The summed E-state index contributed by atoms with van der Waals surface area (Å²) in [6.45, 7) is 0. The molecule has 0 spiro atoms. The fourth-order valence-electron chi connectivity index (χ4n) is 3.65. The van der Waals surface area contributed by atoms with Crippen molar-refractivity contribution in [1.82, 2.24) is 0 Å². The molecule has 2 heterocycles. The van der Waals surface area contributed by atoms with Gasteiger partial charge in [-0.05, 0) is 5.56 Å². The lowest BCUT2D eigenvalue weighted by Crippen LogP contribution is -2.32. The van der Waals surface area contributed by atoms with Gasteiger partial charge >= 0.3 is 0 Å². The monoisotopic (exact) mass is 244 g/mol. The highest BCUT2D eigenvalue weighted by Crippen LogP contribution is 2.50. The lowest BCUT2D eigenvalue weighted by molar-refractivity contribution is 0.451. The first-order valence-electron chi connectivity index (χ1n) is 7.09. The van der Waals surface area contributed by atoms with E-state index in [2.05, 4.69) is 41.9 Å². The predicted octanol–water partition coefficient (Wildman–Crippen LogP) is 5.02. The van der Waals surface area contributed by atoms with Gasteiger partial charge in [0.1, 0.15) is 0 Å². The highest BCUT2D eigenvalue weighted by atomic mass is 32.2. The molecule has 0 N–H and O–H groups in total. The second kappa shape index (κ2) is 5.52. The van der Waals surface area contributed by atoms with Gasteiger partial charge in [0.2, 0.25) is 5.99 Å². The van der Waals surface area contributed by atoms with Crippen molar-refractivity contribution in [2.24, 2.45) is 0 Å². The Morgan fingerprint density at radius 2 is 1.53 bits per heavy atom. The molecule has 2 aliphatic heterocycles. The molecule has 2 saturated heterocycles. The fraction of sp³-hybridized carbons (Fsp3) is 0.600. The van der Waals surface area contributed by atoms with Crippen LogP contribution in [0.1, 0.15) is 44.1 Å². The first-order valence-corrected chi connectivity index (χ1v) is 8.14. The average Bonchev–Trinajstić information content (AvgIpc) is 2.37. The van der Waals surface area contributed by atoms with Crippen molar-refractivity contribution >= 4 is 17.6 Å². The summed E-state index contributed by atoms with van der Waals surface area (Å²) in [6, 6.07) is 11.0. The van der Waals surface area contributed by atoms with E-state index in [-0.39, 0.29) is 0 Å². The zero-order chi connectivity index (χ0) is 11.5. The van der Waals surface area contributed by atoms with E-state index in [1.165, 1.54) is 49.8 Å². The Bertz CT molecular complexity index is 329. The molecule has 2 bridgehead atoms. The molecule has 2 heteroatoms. The molecular weight excluding hydrogens is 223 g/mol. The van der Waals surface area contributed by atoms with Gasteiger partial charge in [-0.25, -0.2) is 11.6 Å². The van der Waals surface area contributed by atoms with Crippen LogP contribution in [0, 0.1) is 0 Å². The van der Waals surface area contributed by atoms with Gasteiger partial charge in [0.15, 0.2) is 0 Å². The van der Waals surface area contributed by atoms with Crippen molar-refractivity contribution < 1.29 is 0 Å². The summed E-state index contributed by atoms with van der Waals surface area (Å²) in [5.41, 5.74) is 1.50. The molecule has 0 radical (unpaired) electrons. The number of hydrogen-bond donors (Lipinski definition) is 0. The first-order chi connectivity index (χ1) is 8.43. The fourth-order valence-corrected chi connectivity index (χ4v) is 5.32. The molecule has 17 heavy (non-hydrogen) atoms. The maximum Gasteiger partial charge on any atom is 0.216 e. The lowest BCUT2D eigenvalue weighted by atomic mass is 9.42. The van der Waals surface area contributed by atoms with E-state index in [0.717, 1.165) is 17.6 Å². The Balaban J connectivity index is 1.61. The molecule has 0 amide bonds. The summed E-state index contributed by atoms with van der Waals surface area (Å²) < 4.78 is 0. The highest BCUT2D eigenvalue weighted by Gasteiger charge is 2.39. The van der Waals surface area contributed by atoms with Gasteiger partial charge in [-0.15, -0.1) is 0 Å². The van der Waals surface area contributed by atoms with Crippen LogP contribution in [0.2, 0.25) is 11.6 Å². The van der Waals surface area contributed by atoms with E-state index in [4.69, 9.17) is 0 Å². The Labute approximate surface area is 110 Å². The van der Waals surface area contributed by atoms with Gasteiger partial charge in [-0.3, -0.25) is 0 Å². The summed E-state index contributed by atoms with van der Waals surface area (Å²) in [4.78, 5) is 0. The van der Waals surface area contributed by atoms with Gasteiger partial charge in [-0.1, -0.05) is 80.5 Å². The van der Waals surface area contributed by atoms with Gasteiger partial charge in [0.05, 0.1) is 0 Å². The van der Waals surface area contributed by atoms with Crippen LogP contribution in [0.3, 0.4) is 0 Å². The maximum absolute atomic E-state index is 2.27. The summed E-state index contributed by atoms with van der Waals surface area (Å²) >= 11 is 2.24. The van der Waals surface area contributed by atoms with E-state index in [9.17, 15) is 0 Å². The Morgan fingerprint density at radius 1 is 0.941 bits per heavy atom. The minimum Gasteiger partial charge on any atom is -0.205 e. The molecule has 1 aromatic carbocycles. The van der Waals surface area contributed by atoms with Crippen LogP contribution in [0.25, 0.3) is 0 Å². The van der Waals surface area contributed by atoms with E-state index >= 15 is 0 Å². The molecule has 0 atom stereocenters. The van der Waals surface area contributed by atoms with E-state index in [1.807, 2.05) is 0 Å². The highest BCUT2D eigenvalue weighted by molar-refractivity contribution is 8.25. The predicted molar refractivity (Wildman–Crippen MR) is 78.7 cm³/mol. The molecule has 2 aliphatic rings. The molecule has 2 fully saturated rings. The van der Waals surface area contributed by atoms with Gasteiger partial charge in [0, 0.05) is 5.75 Å².